The minimum absolute atomic E-state index is 0.211. The number of carbonyl (C=O) groups is 1. The van der Waals surface area contributed by atoms with Gasteiger partial charge in [-0.05, 0) is 36.8 Å². The number of nitrogens with one attached hydrogen (secondary N) is 1. The average molecular weight is 354 g/mol. The van der Waals surface area contributed by atoms with Crippen molar-refractivity contribution in [2.45, 2.75) is 36.6 Å². The highest BCUT2D eigenvalue weighted by Crippen LogP contribution is 2.38. The van der Waals surface area contributed by atoms with Gasteiger partial charge in [-0.15, -0.1) is 11.8 Å². The van der Waals surface area contributed by atoms with Gasteiger partial charge in [0, 0.05) is 28.1 Å². The highest BCUT2D eigenvalue weighted by Gasteiger charge is 2.34. The molecule has 1 amide bonds. The van der Waals surface area contributed by atoms with Gasteiger partial charge in [0.05, 0.1) is 11.3 Å². The van der Waals surface area contributed by atoms with E-state index >= 15 is 0 Å². The number of pyridine rings is 1. The maximum absolute atomic E-state index is 13.3. The second-order valence-corrected chi connectivity index (χ2v) is 6.74. The van der Waals surface area contributed by atoms with E-state index < -0.39 is 17.6 Å². The number of aromatic nitrogens is 1. The molecule has 1 aromatic carbocycles. The number of alkyl halides is 3. The van der Waals surface area contributed by atoms with Crippen LogP contribution in [-0.2, 0) is 6.18 Å². The number of amides is 1. The van der Waals surface area contributed by atoms with E-state index in [4.69, 9.17) is 0 Å². The molecule has 0 aliphatic heterocycles. The zero-order chi connectivity index (χ0) is 17.7. The molecular weight excluding hydrogens is 337 g/mol. The fourth-order valence-electron chi connectivity index (χ4n) is 1.95. The van der Waals surface area contributed by atoms with Gasteiger partial charge < -0.3 is 5.32 Å². The Morgan fingerprint density at radius 1 is 1.25 bits per heavy atom. The standard InChI is InChI=1S/C17H17F3N2OS/c1-3-11(2)24-13-4-5-15(14(10-13)17(18,19)20)22-16(23)12-6-8-21-9-7-12/h4-11H,3H2,1-2H3,(H,22,23). The second-order valence-electron chi connectivity index (χ2n) is 5.23. The fraction of sp³-hybridized carbons (Fsp3) is 0.294. The number of carbonyl (C=O) groups excluding carboxylic acids is 1. The molecule has 1 atom stereocenters. The summed E-state index contributed by atoms with van der Waals surface area (Å²) in [6.07, 6.45) is -0.879. The number of thioether (sulfide) groups is 1. The van der Waals surface area contributed by atoms with Crippen LogP contribution >= 0.6 is 11.8 Å². The summed E-state index contributed by atoms with van der Waals surface area (Å²) in [5, 5.41) is 2.54. The quantitative estimate of drug-likeness (QED) is 0.746. The Morgan fingerprint density at radius 3 is 2.50 bits per heavy atom. The zero-order valence-electron chi connectivity index (χ0n) is 13.2. The van der Waals surface area contributed by atoms with Gasteiger partial charge in [0.1, 0.15) is 0 Å². The molecule has 1 heterocycles. The summed E-state index contributed by atoms with van der Waals surface area (Å²) in [7, 11) is 0. The predicted molar refractivity (Wildman–Crippen MR) is 89.2 cm³/mol. The van der Waals surface area contributed by atoms with Crippen LogP contribution in [0.2, 0.25) is 0 Å². The molecule has 24 heavy (non-hydrogen) atoms. The van der Waals surface area contributed by atoms with Gasteiger partial charge in [-0.3, -0.25) is 9.78 Å². The van der Waals surface area contributed by atoms with Gasteiger partial charge in [0.2, 0.25) is 0 Å². The molecular formula is C17H17F3N2OS. The molecule has 7 heteroatoms. The minimum atomic E-state index is -4.55. The van der Waals surface area contributed by atoms with Crippen molar-refractivity contribution in [1.29, 1.82) is 0 Å². The first-order valence-electron chi connectivity index (χ1n) is 7.40. The van der Waals surface area contributed by atoms with E-state index in [1.807, 2.05) is 13.8 Å². The molecule has 0 radical (unpaired) electrons. The van der Waals surface area contributed by atoms with Crippen molar-refractivity contribution in [3.63, 3.8) is 0 Å². The number of halogens is 3. The maximum atomic E-state index is 13.3. The molecule has 2 aromatic rings. The lowest BCUT2D eigenvalue weighted by Gasteiger charge is -2.16. The summed E-state index contributed by atoms with van der Waals surface area (Å²) in [5.41, 5.74) is -0.854. The monoisotopic (exact) mass is 354 g/mol. The summed E-state index contributed by atoms with van der Waals surface area (Å²) in [4.78, 5) is 16.4. The lowest BCUT2D eigenvalue weighted by molar-refractivity contribution is -0.137. The third kappa shape index (κ3) is 4.74. The van der Waals surface area contributed by atoms with Crippen molar-refractivity contribution in [3.8, 4) is 0 Å². The van der Waals surface area contributed by atoms with Crippen molar-refractivity contribution < 1.29 is 18.0 Å². The smallest absolute Gasteiger partial charge is 0.321 e. The number of rotatable bonds is 5. The topological polar surface area (TPSA) is 42.0 Å². The summed E-state index contributed by atoms with van der Waals surface area (Å²) in [5.74, 6) is -0.606. The molecule has 2 rings (SSSR count). The molecule has 0 spiro atoms. The Kier molecular flexibility index (Phi) is 5.88. The molecule has 0 aliphatic rings. The molecule has 0 fully saturated rings. The Morgan fingerprint density at radius 2 is 1.92 bits per heavy atom. The highest BCUT2D eigenvalue weighted by molar-refractivity contribution is 7.99. The van der Waals surface area contributed by atoms with Crippen LogP contribution in [-0.4, -0.2) is 16.1 Å². The van der Waals surface area contributed by atoms with Crippen LogP contribution in [0.3, 0.4) is 0 Å². The Labute approximate surface area is 142 Å². The number of nitrogens with zero attached hydrogens (tertiary/aromatic N) is 1. The second kappa shape index (κ2) is 7.70. The molecule has 0 saturated carbocycles. The molecule has 1 unspecified atom stereocenters. The predicted octanol–water partition coefficient (Wildman–Crippen LogP) is 5.24. The largest absolute Gasteiger partial charge is 0.418 e. The van der Waals surface area contributed by atoms with Gasteiger partial charge in [-0.1, -0.05) is 13.8 Å². The van der Waals surface area contributed by atoms with Crippen LogP contribution in [0.15, 0.2) is 47.6 Å². The highest BCUT2D eigenvalue weighted by atomic mass is 32.2. The van der Waals surface area contributed by atoms with E-state index in [0.29, 0.717) is 4.90 Å². The summed E-state index contributed by atoms with van der Waals surface area (Å²) >= 11 is 1.38. The zero-order valence-corrected chi connectivity index (χ0v) is 14.0. The van der Waals surface area contributed by atoms with Gasteiger partial charge in [-0.25, -0.2) is 0 Å². The number of hydrogen-bond donors (Lipinski definition) is 1. The average Bonchev–Trinajstić information content (AvgIpc) is 2.55. The molecule has 0 aliphatic carbocycles. The van der Waals surface area contributed by atoms with E-state index in [9.17, 15) is 18.0 Å². The van der Waals surface area contributed by atoms with E-state index in [1.54, 1.807) is 6.07 Å². The summed E-state index contributed by atoms with van der Waals surface area (Å²) in [6, 6.07) is 6.85. The Hall–Kier alpha value is -2.02. The van der Waals surface area contributed by atoms with Crippen LogP contribution in [0, 0.1) is 0 Å². The SMILES string of the molecule is CCC(C)Sc1ccc(NC(=O)c2ccncc2)c(C(F)(F)F)c1. The van der Waals surface area contributed by atoms with E-state index in [2.05, 4.69) is 10.3 Å². The van der Waals surface area contributed by atoms with E-state index in [-0.39, 0.29) is 16.5 Å². The lowest BCUT2D eigenvalue weighted by atomic mass is 10.1. The number of hydrogen-bond acceptors (Lipinski definition) is 3. The Balaban J connectivity index is 2.30. The number of benzene rings is 1. The summed E-state index contributed by atoms with van der Waals surface area (Å²) < 4.78 is 40.0. The maximum Gasteiger partial charge on any atom is 0.418 e. The van der Waals surface area contributed by atoms with E-state index in [1.165, 1.54) is 42.4 Å². The molecule has 128 valence electrons. The molecule has 3 nitrogen and oxygen atoms in total. The van der Waals surface area contributed by atoms with Crippen LogP contribution in [0.5, 0.6) is 0 Å². The minimum Gasteiger partial charge on any atom is -0.321 e. The molecule has 0 saturated heterocycles. The number of anilines is 1. The van der Waals surface area contributed by atoms with Gasteiger partial charge >= 0.3 is 6.18 Å². The summed E-state index contributed by atoms with van der Waals surface area (Å²) in [6.45, 7) is 3.93. The van der Waals surface area contributed by atoms with E-state index in [0.717, 1.165) is 12.5 Å². The first kappa shape index (κ1) is 18.3. The lowest BCUT2D eigenvalue weighted by Crippen LogP contribution is -2.16. The molecule has 0 bridgehead atoms. The van der Waals surface area contributed by atoms with Crippen molar-refractivity contribution in [2.24, 2.45) is 0 Å². The fourth-order valence-corrected chi connectivity index (χ4v) is 2.92. The van der Waals surface area contributed by atoms with Crippen LogP contribution in [0.25, 0.3) is 0 Å². The van der Waals surface area contributed by atoms with Crippen LogP contribution in [0.1, 0.15) is 36.2 Å². The molecule has 1 aromatic heterocycles. The first-order valence-corrected chi connectivity index (χ1v) is 8.28. The Bertz CT molecular complexity index is 705. The van der Waals surface area contributed by atoms with Gasteiger partial charge in [-0.2, -0.15) is 13.2 Å². The van der Waals surface area contributed by atoms with Crippen LogP contribution < -0.4 is 5.32 Å². The van der Waals surface area contributed by atoms with Crippen molar-refractivity contribution in [3.05, 3.63) is 53.9 Å². The third-order valence-electron chi connectivity index (χ3n) is 3.40. The van der Waals surface area contributed by atoms with Crippen molar-refractivity contribution in [1.82, 2.24) is 4.98 Å². The third-order valence-corrected chi connectivity index (χ3v) is 4.66. The first-order chi connectivity index (χ1) is 11.3. The van der Waals surface area contributed by atoms with Crippen molar-refractivity contribution in [2.75, 3.05) is 5.32 Å². The van der Waals surface area contributed by atoms with Crippen molar-refractivity contribution >= 4 is 23.4 Å². The van der Waals surface area contributed by atoms with Gasteiger partial charge in [0.15, 0.2) is 0 Å². The molecule has 1 N–H and O–H groups in total. The van der Waals surface area contributed by atoms with Gasteiger partial charge in [0.25, 0.3) is 5.91 Å². The normalized spacial score (nSPS) is 12.7. The van der Waals surface area contributed by atoms with Crippen LogP contribution in [0.4, 0.5) is 18.9 Å².